The summed E-state index contributed by atoms with van der Waals surface area (Å²) in [5.41, 5.74) is 0.767. The van der Waals surface area contributed by atoms with Crippen LogP contribution in [0.4, 0.5) is 21.6 Å². The van der Waals surface area contributed by atoms with Gasteiger partial charge in [0, 0.05) is 19.3 Å². The van der Waals surface area contributed by atoms with Crippen molar-refractivity contribution in [2.75, 3.05) is 28.6 Å². The topological polar surface area (TPSA) is 116 Å². The van der Waals surface area contributed by atoms with Gasteiger partial charge in [-0.2, -0.15) is 5.10 Å². The maximum atomic E-state index is 13.2. The third kappa shape index (κ3) is 4.21. The maximum Gasteiger partial charge on any atom is 0.275 e. The Morgan fingerprint density at radius 3 is 2.59 bits per heavy atom. The molecule has 0 unspecified atom stereocenters. The monoisotopic (exact) mass is 395 g/mol. The number of carbonyl (C=O) groups is 2. The maximum absolute atomic E-state index is 13.2. The van der Waals surface area contributed by atoms with Gasteiger partial charge in [-0.05, 0) is 31.0 Å². The first kappa shape index (κ1) is 18.5. The van der Waals surface area contributed by atoms with Crippen LogP contribution in [0.2, 0.25) is 0 Å². The average Bonchev–Trinajstić information content (AvgIpc) is 3.41. The number of hydrogen-bond donors (Lipinski definition) is 3. The Balaban J connectivity index is 1.43. The number of H-pyrrole nitrogens is 1. The van der Waals surface area contributed by atoms with E-state index in [2.05, 4.69) is 35.7 Å². The second-order valence-corrected chi connectivity index (χ2v) is 6.56. The molecule has 10 heteroatoms. The largest absolute Gasteiger partial charge is 0.357 e. The van der Waals surface area contributed by atoms with Crippen LogP contribution in [0, 0.1) is 5.82 Å². The molecule has 9 nitrogen and oxygen atoms in total. The standard InChI is InChI=1S/C19H18FN7O2/c20-13-7-12(8-21-9-13)18(28)25-15-11-23-26-17(15)19(29)24-14-3-4-16(22-10-14)27-5-1-2-6-27/h3-4,7-11H,1-2,5-6H2,(H,23,26)(H,24,29)(H,25,28). The first-order valence-electron chi connectivity index (χ1n) is 9.08. The lowest BCUT2D eigenvalue weighted by atomic mass is 10.2. The molecule has 0 bridgehead atoms. The van der Waals surface area contributed by atoms with E-state index in [0.717, 1.165) is 44.0 Å². The number of halogens is 1. The van der Waals surface area contributed by atoms with Crippen LogP contribution in [0.3, 0.4) is 0 Å². The molecule has 3 aromatic rings. The molecule has 3 N–H and O–H groups in total. The molecule has 2 amide bonds. The number of carbonyl (C=O) groups excluding carboxylic acids is 2. The molecule has 1 aliphatic rings. The molecule has 0 radical (unpaired) electrons. The second-order valence-electron chi connectivity index (χ2n) is 6.56. The molecule has 29 heavy (non-hydrogen) atoms. The highest BCUT2D eigenvalue weighted by Gasteiger charge is 2.18. The van der Waals surface area contributed by atoms with Gasteiger partial charge in [-0.15, -0.1) is 0 Å². The zero-order valence-electron chi connectivity index (χ0n) is 15.4. The van der Waals surface area contributed by atoms with Crippen LogP contribution < -0.4 is 15.5 Å². The first-order chi connectivity index (χ1) is 14.1. The second kappa shape index (κ2) is 8.05. The molecule has 0 aliphatic carbocycles. The van der Waals surface area contributed by atoms with Crippen LogP contribution in [0.5, 0.6) is 0 Å². The number of aromatic nitrogens is 4. The summed E-state index contributed by atoms with van der Waals surface area (Å²) in [6, 6.07) is 4.68. The zero-order valence-corrected chi connectivity index (χ0v) is 15.4. The number of nitrogens with zero attached hydrogens (tertiary/aromatic N) is 4. The lowest BCUT2D eigenvalue weighted by Gasteiger charge is -2.16. The van der Waals surface area contributed by atoms with E-state index in [1.165, 1.54) is 12.4 Å². The van der Waals surface area contributed by atoms with E-state index in [0.29, 0.717) is 5.69 Å². The van der Waals surface area contributed by atoms with Crippen LogP contribution in [-0.2, 0) is 0 Å². The Hall–Kier alpha value is -3.82. The van der Waals surface area contributed by atoms with Crippen LogP contribution >= 0.6 is 0 Å². The first-order valence-corrected chi connectivity index (χ1v) is 9.08. The van der Waals surface area contributed by atoms with Crippen molar-refractivity contribution in [3.05, 3.63) is 60.1 Å². The number of anilines is 3. The zero-order chi connectivity index (χ0) is 20.2. The third-order valence-corrected chi connectivity index (χ3v) is 4.52. The normalized spacial score (nSPS) is 13.3. The predicted molar refractivity (Wildman–Crippen MR) is 104 cm³/mol. The van der Waals surface area contributed by atoms with Gasteiger partial charge in [0.2, 0.25) is 0 Å². The Bertz CT molecular complexity index is 1030. The molecule has 1 aliphatic heterocycles. The quantitative estimate of drug-likeness (QED) is 0.611. The van der Waals surface area contributed by atoms with Crippen LogP contribution in [-0.4, -0.2) is 45.1 Å². The van der Waals surface area contributed by atoms with Gasteiger partial charge in [0.25, 0.3) is 11.8 Å². The molecular weight excluding hydrogens is 377 g/mol. The molecule has 0 spiro atoms. The smallest absolute Gasteiger partial charge is 0.275 e. The van der Waals surface area contributed by atoms with Gasteiger partial charge in [0.05, 0.1) is 35.5 Å². The summed E-state index contributed by atoms with van der Waals surface area (Å²) in [6.07, 6.45) is 7.41. The van der Waals surface area contributed by atoms with Gasteiger partial charge >= 0.3 is 0 Å². The number of rotatable bonds is 5. The van der Waals surface area contributed by atoms with Gasteiger partial charge in [-0.3, -0.25) is 19.7 Å². The molecular formula is C19H18FN7O2. The fourth-order valence-electron chi connectivity index (χ4n) is 3.07. The number of hydrogen-bond acceptors (Lipinski definition) is 6. The number of amides is 2. The highest BCUT2D eigenvalue weighted by Crippen LogP contribution is 2.20. The van der Waals surface area contributed by atoms with Gasteiger partial charge in [-0.1, -0.05) is 0 Å². The number of pyridine rings is 2. The highest BCUT2D eigenvalue weighted by atomic mass is 19.1. The van der Waals surface area contributed by atoms with E-state index in [4.69, 9.17) is 0 Å². The molecule has 1 fully saturated rings. The lowest BCUT2D eigenvalue weighted by molar-refractivity contribution is 0.102. The number of nitrogens with one attached hydrogen (secondary N) is 3. The van der Waals surface area contributed by atoms with Crippen molar-refractivity contribution in [3.8, 4) is 0 Å². The number of aromatic amines is 1. The Labute approximate surface area is 165 Å². The Morgan fingerprint density at radius 1 is 1.03 bits per heavy atom. The molecule has 0 saturated carbocycles. The van der Waals surface area contributed by atoms with E-state index in [1.54, 1.807) is 12.3 Å². The van der Waals surface area contributed by atoms with Gasteiger partial charge in [-0.25, -0.2) is 9.37 Å². The van der Waals surface area contributed by atoms with E-state index in [1.807, 2.05) is 6.07 Å². The third-order valence-electron chi connectivity index (χ3n) is 4.52. The van der Waals surface area contributed by atoms with Crippen molar-refractivity contribution in [1.82, 2.24) is 20.2 Å². The fraction of sp³-hybridized carbons (Fsp3) is 0.211. The van der Waals surface area contributed by atoms with Crippen molar-refractivity contribution >= 4 is 29.0 Å². The molecule has 0 aromatic carbocycles. The summed E-state index contributed by atoms with van der Waals surface area (Å²) in [5, 5.41) is 11.6. The minimum Gasteiger partial charge on any atom is -0.357 e. The van der Waals surface area contributed by atoms with E-state index < -0.39 is 17.6 Å². The Morgan fingerprint density at radius 2 is 1.86 bits per heavy atom. The van der Waals surface area contributed by atoms with Crippen molar-refractivity contribution in [3.63, 3.8) is 0 Å². The van der Waals surface area contributed by atoms with Gasteiger partial charge in [0.15, 0.2) is 0 Å². The summed E-state index contributed by atoms with van der Waals surface area (Å²) in [7, 11) is 0. The predicted octanol–water partition coefficient (Wildman–Crippen LogP) is 2.44. The fourth-order valence-corrected chi connectivity index (χ4v) is 3.07. The van der Waals surface area contributed by atoms with E-state index in [-0.39, 0.29) is 16.9 Å². The summed E-state index contributed by atoms with van der Waals surface area (Å²) in [6.45, 7) is 1.97. The van der Waals surface area contributed by atoms with Crippen molar-refractivity contribution in [1.29, 1.82) is 0 Å². The highest BCUT2D eigenvalue weighted by molar-refractivity contribution is 6.11. The summed E-state index contributed by atoms with van der Waals surface area (Å²) in [5.74, 6) is -0.860. The summed E-state index contributed by atoms with van der Waals surface area (Å²) >= 11 is 0. The molecule has 1 saturated heterocycles. The van der Waals surface area contributed by atoms with Gasteiger partial charge in [0.1, 0.15) is 17.3 Å². The molecule has 4 heterocycles. The van der Waals surface area contributed by atoms with Crippen LogP contribution in [0.15, 0.2) is 43.0 Å². The SMILES string of the molecule is O=C(Nc1cn[nH]c1C(=O)Nc1ccc(N2CCCC2)nc1)c1cncc(F)c1. The van der Waals surface area contributed by atoms with Crippen molar-refractivity contribution in [2.45, 2.75) is 12.8 Å². The van der Waals surface area contributed by atoms with Gasteiger partial charge < -0.3 is 15.5 Å². The molecule has 0 atom stereocenters. The average molecular weight is 395 g/mol. The minimum atomic E-state index is -0.632. The summed E-state index contributed by atoms with van der Waals surface area (Å²) in [4.78, 5) is 35.0. The minimum absolute atomic E-state index is 0.0271. The van der Waals surface area contributed by atoms with Crippen LogP contribution in [0.25, 0.3) is 0 Å². The van der Waals surface area contributed by atoms with Crippen LogP contribution in [0.1, 0.15) is 33.7 Å². The molecule has 4 rings (SSSR count). The summed E-state index contributed by atoms with van der Waals surface area (Å²) < 4.78 is 13.2. The van der Waals surface area contributed by atoms with Crippen molar-refractivity contribution < 1.29 is 14.0 Å². The lowest BCUT2D eigenvalue weighted by Crippen LogP contribution is -2.20. The Kier molecular flexibility index (Phi) is 5.14. The van der Waals surface area contributed by atoms with Crippen molar-refractivity contribution in [2.24, 2.45) is 0 Å². The molecule has 148 valence electrons. The van der Waals surface area contributed by atoms with E-state index in [9.17, 15) is 14.0 Å². The van der Waals surface area contributed by atoms with E-state index >= 15 is 0 Å². The molecule has 3 aromatic heterocycles.